The van der Waals surface area contributed by atoms with E-state index in [-0.39, 0.29) is 35.2 Å². The molecule has 0 unspecified atom stereocenters. The number of nitrogens with one attached hydrogen (secondary N) is 1. The number of nitrogens with zero attached hydrogens (tertiary/aromatic N) is 4. The number of nitro groups is 1. The van der Waals surface area contributed by atoms with Crippen LogP contribution < -0.4 is 10.2 Å². The number of non-ortho nitro benzene ring substituents is 1. The first-order valence-electron chi connectivity index (χ1n) is 6.46. The molecule has 0 spiro atoms. The third kappa shape index (κ3) is 2.62. The quantitative estimate of drug-likeness (QED) is 0.641. The van der Waals surface area contributed by atoms with Crippen LogP contribution in [-0.2, 0) is 4.79 Å². The lowest BCUT2D eigenvalue weighted by atomic mass is 10.2. The van der Waals surface area contributed by atoms with Crippen molar-refractivity contribution in [2.45, 2.75) is 18.9 Å². The van der Waals surface area contributed by atoms with E-state index >= 15 is 0 Å². The zero-order valence-electron chi connectivity index (χ0n) is 11.3. The lowest BCUT2D eigenvalue weighted by molar-refractivity contribution is -0.383. The number of fused-ring (bicyclic) bond motifs is 1. The fourth-order valence-corrected chi connectivity index (χ4v) is 2.10. The molecule has 1 amide bonds. The van der Waals surface area contributed by atoms with Gasteiger partial charge in [0.05, 0.1) is 17.2 Å². The highest BCUT2D eigenvalue weighted by Crippen LogP contribution is 2.30. The number of aromatic nitrogens is 2. The Morgan fingerprint density at radius 1 is 1.48 bits per heavy atom. The molecule has 110 valence electrons. The molecule has 1 N–H and O–H groups in total. The van der Waals surface area contributed by atoms with Crippen molar-refractivity contribution in [1.29, 1.82) is 0 Å². The Balaban J connectivity index is 1.85. The summed E-state index contributed by atoms with van der Waals surface area (Å²) >= 11 is 0. The van der Waals surface area contributed by atoms with Gasteiger partial charge in [-0.2, -0.15) is 0 Å². The first kappa shape index (κ1) is 13.3. The van der Waals surface area contributed by atoms with Crippen molar-refractivity contribution < 1.29 is 14.3 Å². The molecule has 0 bridgehead atoms. The molecule has 1 aliphatic rings. The van der Waals surface area contributed by atoms with Crippen LogP contribution in [0.15, 0.2) is 16.8 Å². The van der Waals surface area contributed by atoms with E-state index in [0.717, 1.165) is 12.8 Å². The minimum absolute atomic E-state index is 0.0759. The van der Waals surface area contributed by atoms with Crippen LogP contribution in [0.5, 0.6) is 0 Å². The molecule has 1 heterocycles. The second kappa shape index (κ2) is 5.00. The molecule has 1 fully saturated rings. The third-order valence-corrected chi connectivity index (χ3v) is 3.30. The molecule has 0 radical (unpaired) electrons. The molecule has 9 heteroatoms. The monoisotopic (exact) mass is 291 g/mol. The number of hydrogen-bond acceptors (Lipinski definition) is 7. The van der Waals surface area contributed by atoms with Gasteiger partial charge in [0.1, 0.15) is 0 Å². The molecule has 21 heavy (non-hydrogen) atoms. The number of likely N-dealkylation sites (N-methyl/N-ethyl adjacent to an activating group) is 1. The number of carbonyl (C=O) groups excluding carboxylic acids is 1. The van der Waals surface area contributed by atoms with E-state index in [1.807, 2.05) is 0 Å². The largest absolute Gasteiger partial charge is 0.363 e. The molecular weight excluding hydrogens is 278 g/mol. The lowest BCUT2D eigenvalue weighted by Crippen LogP contribution is -2.36. The fraction of sp³-hybridized carbons (Fsp3) is 0.417. The number of amides is 1. The second-order valence-electron chi connectivity index (χ2n) is 5.02. The predicted molar refractivity (Wildman–Crippen MR) is 72.9 cm³/mol. The lowest BCUT2D eigenvalue weighted by Gasteiger charge is -2.18. The first-order valence-corrected chi connectivity index (χ1v) is 6.46. The van der Waals surface area contributed by atoms with Gasteiger partial charge in [0.25, 0.3) is 0 Å². The van der Waals surface area contributed by atoms with Crippen LogP contribution in [0, 0.1) is 10.1 Å². The summed E-state index contributed by atoms with van der Waals surface area (Å²) in [5.41, 5.74) is 0.728. The van der Waals surface area contributed by atoms with Crippen LogP contribution in [0.4, 0.5) is 11.4 Å². The Labute approximate surface area is 119 Å². The SMILES string of the molecule is CN(CC(=O)NC1CC1)c1ccc([N+](=O)[O-])c2nonc12. The van der Waals surface area contributed by atoms with Crippen LogP contribution >= 0.6 is 0 Å². The van der Waals surface area contributed by atoms with Gasteiger partial charge in [-0.05, 0) is 29.2 Å². The van der Waals surface area contributed by atoms with E-state index in [1.54, 1.807) is 11.9 Å². The summed E-state index contributed by atoms with van der Waals surface area (Å²) in [4.78, 5) is 23.8. The van der Waals surface area contributed by atoms with Gasteiger partial charge in [-0.3, -0.25) is 14.9 Å². The van der Waals surface area contributed by atoms with Gasteiger partial charge in [-0.1, -0.05) is 0 Å². The molecule has 1 saturated carbocycles. The van der Waals surface area contributed by atoms with Crippen LogP contribution in [0.25, 0.3) is 11.0 Å². The van der Waals surface area contributed by atoms with Gasteiger partial charge in [0.2, 0.25) is 11.4 Å². The normalized spacial score (nSPS) is 14.1. The van der Waals surface area contributed by atoms with Crippen molar-refractivity contribution in [3.63, 3.8) is 0 Å². The number of hydrogen-bond donors (Lipinski definition) is 1. The van der Waals surface area contributed by atoms with Crippen LogP contribution in [-0.4, -0.2) is 40.8 Å². The van der Waals surface area contributed by atoms with Crippen molar-refractivity contribution in [3.05, 3.63) is 22.2 Å². The summed E-state index contributed by atoms with van der Waals surface area (Å²) in [5.74, 6) is -0.0945. The van der Waals surface area contributed by atoms with E-state index in [4.69, 9.17) is 0 Å². The van der Waals surface area contributed by atoms with Gasteiger partial charge in [-0.15, -0.1) is 0 Å². The Kier molecular flexibility index (Phi) is 3.16. The maximum absolute atomic E-state index is 11.8. The maximum atomic E-state index is 11.8. The zero-order chi connectivity index (χ0) is 15.0. The molecule has 3 rings (SSSR count). The van der Waals surface area contributed by atoms with Crippen molar-refractivity contribution >= 4 is 28.3 Å². The fourth-order valence-electron chi connectivity index (χ4n) is 2.10. The standard InChI is InChI=1S/C12H13N5O4/c1-16(6-10(18)13-7-2-3-7)8-4-5-9(17(19)20)12-11(8)14-21-15-12/h4-5,7H,2-3,6H2,1H3,(H,13,18). The topological polar surface area (TPSA) is 114 Å². The number of nitro benzene ring substituents is 1. The third-order valence-electron chi connectivity index (χ3n) is 3.30. The van der Waals surface area contributed by atoms with E-state index in [1.165, 1.54) is 12.1 Å². The highest BCUT2D eigenvalue weighted by Gasteiger charge is 2.25. The molecule has 1 aromatic heterocycles. The van der Waals surface area contributed by atoms with Crippen molar-refractivity contribution in [3.8, 4) is 0 Å². The molecule has 9 nitrogen and oxygen atoms in total. The molecule has 0 aliphatic heterocycles. The number of rotatable bonds is 5. The molecule has 0 atom stereocenters. The van der Waals surface area contributed by atoms with Gasteiger partial charge in [-0.25, -0.2) is 4.63 Å². The van der Waals surface area contributed by atoms with Crippen molar-refractivity contribution in [2.24, 2.45) is 0 Å². The van der Waals surface area contributed by atoms with Crippen molar-refractivity contribution in [1.82, 2.24) is 15.6 Å². The summed E-state index contributed by atoms with van der Waals surface area (Å²) in [6.07, 6.45) is 2.04. The molecule has 1 aliphatic carbocycles. The van der Waals surface area contributed by atoms with E-state index in [9.17, 15) is 14.9 Å². The molecule has 0 saturated heterocycles. The second-order valence-corrected chi connectivity index (χ2v) is 5.02. The van der Waals surface area contributed by atoms with Crippen LogP contribution in [0.1, 0.15) is 12.8 Å². The molecule has 2 aromatic rings. The number of anilines is 1. The minimum atomic E-state index is -0.546. The Morgan fingerprint density at radius 2 is 2.19 bits per heavy atom. The number of benzene rings is 1. The van der Waals surface area contributed by atoms with Gasteiger partial charge in [0, 0.05) is 19.2 Å². The Morgan fingerprint density at radius 3 is 2.86 bits per heavy atom. The van der Waals surface area contributed by atoms with Gasteiger partial charge >= 0.3 is 5.69 Å². The predicted octanol–water partition coefficient (Wildman–Crippen LogP) is 0.846. The van der Waals surface area contributed by atoms with E-state index < -0.39 is 4.92 Å². The van der Waals surface area contributed by atoms with Crippen LogP contribution in [0.3, 0.4) is 0 Å². The summed E-state index contributed by atoms with van der Waals surface area (Å²) in [7, 11) is 1.71. The van der Waals surface area contributed by atoms with Gasteiger partial charge < -0.3 is 10.2 Å². The Bertz CT molecular complexity index is 709. The average molecular weight is 291 g/mol. The summed E-state index contributed by atoms with van der Waals surface area (Å²) in [5, 5.41) is 21.1. The number of carbonyl (C=O) groups is 1. The molecule has 1 aromatic carbocycles. The summed E-state index contributed by atoms with van der Waals surface area (Å²) in [6, 6.07) is 3.16. The minimum Gasteiger partial charge on any atom is -0.363 e. The van der Waals surface area contributed by atoms with Crippen molar-refractivity contribution in [2.75, 3.05) is 18.5 Å². The maximum Gasteiger partial charge on any atom is 0.300 e. The Hall–Kier alpha value is -2.71. The highest BCUT2D eigenvalue weighted by atomic mass is 16.6. The summed E-state index contributed by atoms with van der Waals surface area (Å²) < 4.78 is 4.59. The van der Waals surface area contributed by atoms with E-state index in [0.29, 0.717) is 5.69 Å². The molecular formula is C12H13N5O4. The summed E-state index contributed by atoms with van der Waals surface area (Å²) in [6.45, 7) is 0.135. The average Bonchev–Trinajstić information content (AvgIpc) is 3.10. The zero-order valence-corrected chi connectivity index (χ0v) is 11.3. The smallest absolute Gasteiger partial charge is 0.300 e. The van der Waals surface area contributed by atoms with Crippen LogP contribution in [0.2, 0.25) is 0 Å². The van der Waals surface area contributed by atoms with E-state index in [2.05, 4.69) is 20.3 Å². The highest BCUT2D eigenvalue weighted by molar-refractivity contribution is 5.95. The first-order chi connectivity index (χ1) is 10.1. The van der Waals surface area contributed by atoms with Gasteiger partial charge in [0.15, 0.2) is 5.52 Å².